The van der Waals surface area contributed by atoms with Gasteiger partial charge in [-0.05, 0) is 12.8 Å². The molecule has 52 valence electrons. The van der Waals surface area contributed by atoms with Gasteiger partial charge in [-0.25, -0.2) is 0 Å². The molecule has 0 aliphatic carbocycles. The molecular formula is C7H12ClN. The van der Waals surface area contributed by atoms with E-state index in [0.717, 1.165) is 25.1 Å². The van der Waals surface area contributed by atoms with Gasteiger partial charge < -0.3 is 5.73 Å². The molecule has 0 aliphatic rings. The van der Waals surface area contributed by atoms with Crippen molar-refractivity contribution in [3.05, 3.63) is 0 Å². The molecule has 0 saturated carbocycles. The Morgan fingerprint density at radius 3 is 2.56 bits per heavy atom. The van der Waals surface area contributed by atoms with Gasteiger partial charge in [-0.2, -0.15) is 0 Å². The summed E-state index contributed by atoms with van der Waals surface area (Å²) < 4.78 is 0. The van der Waals surface area contributed by atoms with E-state index in [9.17, 15) is 0 Å². The van der Waals surface area contributed by atoms with Crippen molar-refractivity contribution in [1.29, 1.82) is 0 Å². The molecule has 0 radical (unpaired) electrons. The van der Waals surface area contributed by atoms with Crippen molar-refractivity contribution in [2.75, 3.05) is 12.4 Å². The van der Waals surface area contributed by atoms with Crippen molar-refractivity contribution in [1.82, 2.24) is 0 Å². The standard InChI is InChI=1S/C7H12ClN/c8-6-4-2-1-3-5-7-9/h1-2,4,6-7,9H2. The monoisotopic (exact) mass is 145 g/mol. The SMILES string of the molecule is NCC#CCCCCCl. The molecule has 0 amide bonds. The van der Waals surface area contributed by atoms with Crippen molar-refractivity contribution in [2.45, 2.75) is 19.3 Å². The lowest BCUT2D eigenvalue weighted by Crippen LogP contribution is -1.92. The Bertz CT molecular complexity index is 101. The van der Waals surface area contributed by atoms with Crippen molar-refractivity contribution in [3.63, 3.8) is 0 Å². The van der Waals surface area contributed by atoms with Crippen molar-refractivity contribution >= 4 is 11.6 Å². The first-order valence-corrected chi connectivity index (χ1v) is 3.67. The third-order valence-corrected chi connectivity index (χ3v) is 1.18. The average Bonchev–Trinajstić information content (AvgIpc) is 1.89. The zero-order valence-corrected chi connectivity index (χ0v) is 6.25. The van der Waals surface area contributed by atoms with Crippen molar-refractivity contribution < 1.29 is 0 Å². The lowest BCUT2D eigenvalue weighted by Gasteiger charge is -1.86. The highest BCUT2D eigenvalue weighted by molar-refractivity contribution is 6.17. The zero-order valence-electron chi connectivity index (χ0n) is 5.49. The molecule has 2 heteroatoms. The molecule has 0 aromatic carbocycles. The zero-order chi connectivity index (χ0) is 6.95. The van der Waals surface area contributed by atoms with Gasteiger partial charge in [0.15, 0.2) is 0 Å². The van der Waals surface area contributed by atoms with Gasteiger partial charge in [0, 0.05) is 12.3 Å². The Morgan fingerprint density at radius 1 is 1.22 bits per heavy atom. The normalized spacial score (nSPS) is 8.22. The van der Waals surface area contributed by atoms with E-state index >= 15 is 0 Å². The topological polar surface area (TPSA) is 26.0 Å². The fourth-order valence-electron chi connectivity index (χ4n) is 0.468. The van der Waals surface area contributed by atoms with E-state index in [1.807, 2.05) is 0 Å². The molecule has 0 aliphatic heterocycles. The van der Waals surface area contributed by atoms with Gasteiger partial charge in [0.2, 0.25) is 0 Å². The van der Waals surface area contributed by atoms with Crippen LogP contribution in [-0.2, 0) is 0 Å². The summed E-state index contributed by atoms with van der Waals surface area (Å²) >= 11 is 5.44. The lowest BCUT2D eigenvalue weighted by atomic mass is 10.2. The van der Waals surface area contributed by atoms with Crippen LogP contribution >= 0.6 is 11.6 Å². The molecule has 0 saturated heterocycles. The van der Waals surface area contributed by atoms with Crippen LogP contribution in [0.4, 0.5) is 0 Å². The Hall–Kier alpha value is -0.190. The second-order valence-electron chi connectivity index (χ2n) is 1.70. The Labute approximate surface area is 61.6 Å². The highest BCUT2D eigenvalue weighted by atomic mass is 35.5. The number of hydrogen-bond donors (Lipinski definition) is 1. The fraction of sp³-hybridized carbons (Fsp3) is 0.714. The summed E-state index contributed by atoms with van der Waals surface area (Å²) in [5, 5.41) is 0. The van der Waals surface area contributed by atoms with Crippen LogP contribution in [0, 0.1) is 11.8 Å². The summed E-state index contributed by atoms with van der Waals surface area (Å²) in [6.07, 6.45) is 3.08. The maximum absolute atomic E-state index is 5.44. The van der Waals surface area contributed by atoms with Gasteiger partial charge in [-0.3, -0.25) is 0 Å². The highest BCUT2D eigenvalue weighted by Crippen LogP contribution is 1.94. The van der Waals surface area contributed by atoms with Gasteiger partial charge >= 0.3 is 0 Å². The number of rotatable bonds is 3. The molecule has 0 aromatic rings. The van der Waals surface area contributed by atoms with Gasteiger partial charge in [-0.1, -0.05) is 5.92 Å². The minimum absolute atomic E-state index is 0.473. The average molecular weight is 146 g/mol. The van der Waals surface area contributed by atoms with Gasteiger partial charge in [0.25, 0.3) is 0 Å². The maximum atomic E-state index is 5.44. The number of hydrogen-bond acceptors (Lipinski definition) is 1. The van der Waals surface area contributed by atoms with Crippen LogP contribution in [0.25, 0.3) is 0 Å². The predicted octanol–water partition coefficient (Wildman–Crippen LogP) is 1.36. The van der Waals surface area contributed by atoms with E-state index in [4.69, 9.17) is 17.3 Å². The molecule has 0 spiro atoms. The maximum Gasteiger partial charge on any atom is 0.0551 e. The number of nitrogens with two attached hydrogens (primary N) is 1. The second-order valence-corrected chi connectivity index (χ2v) is 2.08. The molecule has 0 unspecified atom stereocenters. The Morgan fingerprint density at radius 2 is 2.00 bits per heavy atom. The van der Waals surface area contributed by atoms with E-state index in [2.05, 4.69) is 11.8 Å². The fourth-order valence-corrected chi connectivity index (χ4v) is 0.657. The lowest BCUT2D eigenvalue weighted by molar-refractivity contribution is 0.833. The van der Waals surface area contributed by atoms with E-state index < -0.39 is 0 Å². The van der Waals surface area contributed by atoms with E-state index in [0.29, 0.717) is 6.54 Å². The summed E-state index contributed by atoms with van der Waals surface area (Å²) in [6, 6.07) is 0. The summed E-state index contributed by atoms with van der Waals surface area (Å²) in [7, 11) is 0. The Balaban J connectivity index is 2.90. The van der Waals surface area contributed by atoms with E-state index in [-0.39, 0.29) is 0 Å². The van der Waals surface area contributed by atoms with Gasteiger partial charge in [-0.15, -0.1) is 17.5 Å². The molecular weight excluding hydrogens is 134 g/mol. The molecule has 0 bridgehead atoms. The summed E-state index contributed by atoms with van der Waals surface area (Å²) in [5.41, 5.74) is 5.14. The van der Waals surface area contributed by atoms with E-state index in [1.54, 1.807) is 0 Å². The quantitative estimate of drug-likeness (QED) is 0.362. The second kappa shape index (κ2) is 7.81. The number of alkyl halides is 1. The van der Waals surface area contributed by atoms with Crippen LogP contribution in [0.5, 0.6) is 0 Å². The third-order valence-electron chi connectivity index (χ3n) is 0.912. The molecule has 0 fully saturated rings. The molecule has 0 heterocycles. The number of halogens is 1. The van der Waals surface area contributed by atoms with Crippen LogP contribution < -0.4 is 5.73 Å². The third kappa shape index (κ3) is 7.81. The predicted molar refractivity (Wildman–Crippen MR) is 41.4 cm³/mol. The first-order valence-electron chi connectivity index (χ1n) is 3.13. The van der Waals surface area contributed by atoms with Crippen LogP contribution in [-0.4, -0.2) is 12.4 Å². The Kier molecular flexibility index (Phi) is 7.65. The molecule has 1 nitrogen and oxygen atoms in total. The molecule has 0 atom stereocenters. The van der Waals surface area contributed by atoms with Crippen LogP contribution in [0.2, 0.25) is 0 Å². The molecule has 9 heavy (non-hydrogen) atoms. The number of unbranched alkanes of at least 4 members (excludes halogenated alkanes) is 2. The van der Waals surface area contributed by atoms with Gasteiger partial charge in [0.1, 0.15) is 0 Å². The van der Waals surface area contributed by atoms with Crippen LogP contribution in [0.1, 0.15) is 19.3 Å². The highest BCUT2D eigenvalue weighted by Gasteiger charge is 1.80. The van der Waals surface area contributed by atoms with E-state index in [1.165, 1.54) is 0 Å². The van der Waals surface area contributed by atoms with Crippen molar-refractivity contribution in [3.8, 4) is 11.8 Å². The minimum Gasteiger partial charge on any atom is -0.320 e. The smallest absolute Gasteiger partial charge is 0.0551 e. The largest absolute Gasteiger partial charge is 0.320 e. The molecule has 2 N–H and O–H groups in total. The first kappa shape index (κ1) is 8.81. The van der Waals surface area contributed by atoms with Crippen LogP contribution in [0.3, 0.4) is 0 Å². The van der Waals surface area contributed by atoms with Gasteiger partial charge in [0.05, 0.1) is 6.54 Å². The minimum atomic E-state index is 0.473. The molecule has 0 aromatic heterocycles. The van der Waals surface area contributed by atoms with Crippen molar-refractivity contribution in [2.24, 2.45) is 5.73 Å². The summed E-state index contributed by atoms with van der Waals surface area (Å²) in [5.74, 6) is 6.47. The summed E-state index contributed by atoms with van der Waals surface area (Å²) in [4.78, 5) is 0. The summed E-state index contributed by atoms with van der Waals surface area (Å²) in [6.45, 7) is 0.473. The van der Waals surface area contributed by atoms with Crippen LogP contribution in [0.15, 0.2) is 0 Å². The molecule has 0 rings (SSSR count). The first-order chi connectivity index (χ1) is 4.41.